The zero-order valence-electron chi connectivity index (χ0n) is 51.7. The van der Waals surface area contributed by atoms with Crippen molar-refractivity contribution in [2.75, 3.05) is 91.3 Å². The van der Waals surface area contributed by atoms with Crippen LogP contribution in [0.3, 0.4) is 0 Å². The van der Waals surface area contributed by atoms with Gasteiger partial charge in [-0.1, -0.05) is 63.4 Å². The lowest BCUT2D eigenvalue weighted by molar-refractivity contribution is 0.0171. The zero-order chi connectivity index (χ0) is 62.9. The molecular formula is C64H83BrCl2N16O6. The van der Waals surface area contributed by atoms with Gasteiger partial charge in [0.25, 0.3) is 0 Å². The van der Waals surface area contributed by atoms with Crippen LogP contribution in [0.5, 0.6) is 0 Å². The van der Waals surface area contributed by atoms with Crippen LogP contribution in [0.1, 0.15) is 104 Å². The summed E-state index contributed by atoms with van der Waals surface area (Å²) in [7, 11) is 0. The average molecular weight is 1320 g/mol. The van der Waals surface area contributed by atoms with Crippen molar-refractivity contribution in [1.29, 1.82) is 0 Å². The Hall–Kier alpha value is -7.18. The molecule has 10 heterocycles. The normalized spacial score (nSPS) is 17.4. The van der Waals surface area contributed by atoms with Crippen molar-refractivity contribution in [1.82, 2.24) is 59.0 Å². The molecule has 0 aliphatic carbocycles. The van der Waals surface area contributed by atoms with Crippen molar-refractivity contribution in [2.24, 2.45) is 11.8 Å². The molecule has 8 aromatic rings. The summed E-state index contributed by atoms with van der Waals surface area (Å²) < 4.78 is 16.4. The second-order valence-electron chi connectivity index (χ2n) is 25.7. The summed E-state index contributed by atoms with van der Waals surface area (Å²) in [4.78, 5) is 41.8. The van der Waals surface area contributed by atoms with Crippen LogP contribution in [-0.4, -0.2) is 163 Å². The highest BCUT2D eigenvalue weighted by atomic mass is 79.9. The Bertz CT molecular complexity index is 3570. The molecule has 6 aromatic heterocycles. The van der Waals surface area contributed by atoms with Crippen molar-refractivity contribution >= 4 is 97.3 Å². The highest BCUT2D eigenvalue weighted by Crippen LogP contribution is 2.40. The van der Waals surface area contributed by atoms with Crippen LogP contribution in [0, 0.1) is 11.8 Å². The third-order valence-electron chi connectivity index (χ3n) is 17.2. The third kappa shape index (κ3) is 16.4. The maximum absolute atomic E-state index is 12.4. The Labute approximate surface area is 538 Å². The lowest BCUT2D eigenvalue weighted by atomic mass is 9.73. The number of aromatic amines is 1. The van der Waals surface area contributed by atoms with Gasteiger partial charge in [-0.25, -0.2) is 18.6 Å². The predicted molar refractivity (Wildman–Crippen MR) is 352 cm³/mol. The second-order valence-corrected chi connectivity index (χ2v) is 27.2. The summed E-state index contributed by atoms with van der Waals surface area (Å²) in [5, 5.41) is 50.0. The number of hydrogen-bond acceptors (Lipinski definition) is 16. The fourth-order valence-electron chi connectivity index (χ4n) is 12.0. The van der Waals surface area contributed by atoms with Crippen molar-refractivity contribution < 1.29 is 29.3 Å². The molecule has 4 saturated heterocycles. The number of H-pyrrole nitrogens is 1. The minimum atomic E-state index is -0.483. The van der Waals surface area contributed by atoms with Crippen LogP contribution >= 0.6 is 39.1 Å². The van der Waals surface area contributed by atoms with Crippen LogP contribution in [0.25, 0.3) is 11.3 Å². The van der Waals surface area contributed by atoms with E-state index in [1.54, 1.807) is 32.5 Å². The summed E-state index contributed by atoms with van der Waals surface area (Å²) in [6.45, 7) is 18.6. The molecule has 2 amide bonds. The van der Waals surface area contributed by atoms with Crippen LogP contribution in [-0.2, 0) is 26.8 Å². The number of alkyl halides is 1. The van der Waals surface area contributed by atoms with E-state index >= 15 is 0 Å². The summed E-state index contributed by atoms with van der Waals surface area (Å²) >= 11 is 15.6. The van der Waals surface area contributed by atoms with Crippen LogP contribution in [0.15, 0.2) is 110 Å². The van der Waals surface area contributed by atoms with Crippen LogP contribution < -0.4 is 20.4 Å². The standard InChI is InChI=1S/C32H41ClN8O3.C21H22ClN7O.C11H20BrNO2/c1-31(2,3)44-30(43)39-15-10-23(11-16-39)20-40-21-26(19-34-40)35-29-36-28-27(5-4-14-41(28)37-29)38-17-12-32(22-42,13-18-38)24-6-8-25(33)9-7-24;22-16-5-3-15(4-6-16)21(14-30)7-10-28(11-8-21)18-2-1-9-29-19(18)26-20(27-29)25-17-12-23-24-13-17;1-11(2,3)15-10(14)13-6-4-9(8-12)5-7-13/h4-9,14,19,21,23,42H,10-13,15-18,20,22H2,1-3H3,(H,35,37);1-6,9,12-13,30H,7-8,10-11,14H2,(H,23,24)(H,25,27);9H,4-8H2,1-3H3. The van der Waals surface area contributed by atoms with E-state index in [0.717, 1.165) is 148 Å². The Kier molecular flexibility index (Phi) is 20.6. The van der Waals surface area contributed by atoms with Gasteiger partial charge >= 0.3 is 12.2 Å². The van der Waals surface area contributed by atoms with Gasteiger partial charge in [-0.05, 0) is 164 Å². The maximum Gasteiger partial charge on any atom is 0.410 e. The van der Waals surface area contributed by atoms with Gasteiger partial charge in [0.05, 0.1) is 48.4 Å². The lowest BCUT2D eigenvalue weighted by Gasteiger charge is -2.42. The summed E-state index contributed by atoms with van der Waals surface area (Å²) in [6, 6.07) is 23.8. The van der Waals surface area contributed by atoms with E-state index in [-0.39, 0.29) is 41.8 Å². The van der Waals surface area contributed by atoms with Gasteiger partial charge in [0.2, 0.25) is 11.9 Å². The lowest BCUT2D eigenvalue weighted by Crippen LogP contribution is -2.45. The van der Waals surface area contributed by atoms with Gasteiger partial charge in [0.15, 0.2) is 11.3 Å². The molecule has 89 heavy (non-hydrogen) atoms. The number of anilines is 6. The summed E-state index contributed by atoms with van der Waals surface area (Å²) in [6.07, 6.45) is 17.9. The van der Waals surface area contributed by atoms with E-state index in [2.05, 4.69) is 79.0 Å². The van der Waals surface area contributed by atoms with E-state index in [1.165, 1.54) is 0 Å². The Morgan fingerprint density at radius 3 is 1.47 bits per heavy atom. The molecule has 0 saturated carbocycles. The molecule has 4 fully saturated rings. The van der Waals surface area contributed by atoms with Gasteiger partial charge < -0.3 is 49.9 Å². The Balaban J connectivity index is 0.000000166. The van der Waals surface area contributed by atoms with Gasteiger partial charge in [0, 0.05) is 110 Å². The van der Waals surface area contributed by atoms with Crippen molar-refractivity contribution in [3.63, 3.8) is 0 Å². The number of amides is 2. The number of rotatable bonds is 13. The molecule has 0 bridgehead atoms. The molecule has 0 unspecified atom stereocenters. The number of aliphatic hydroxyl groups is 2. The molecule has 0 radical (unpaired) electrons. The van der Waals surface area contributed by atoms with Crippen molar-refractivity contribution in [3.05, 3.63) is 131 Å². The minimum Gasteiger partial charge on any atom is -0.444 e. The number of benzene rings is 2. The number of halogens is 3. The van der Waals surface area contributed by atoms with Gasteiger partial charge in [-0.3, -0.25) is 9.78 Å². The van der Waals surface area contributed by atoms with Crippen LogP contribution in [0.4, 0.5) is 44.2 Å². The zero-order valence-corrected chi connectivity index (χ0v) is 54.8. The molecule has 22 nitrogen and oxygen atoms in total. The smallest absolute Gasteiger partial charge is 0.410 e. The number of likely N-dealkylation sites (tertiary alicyclic amines) is 2. The highest BCUT2D eigenvalue weighted by Gasteiger charge is 2.38. The Morgan fingerprint density at radius 1 is 0.629 bits per heavy atom. The second kappa shape index (κ2) is 28.3. The number of fused-ring (bicyclic) bond motifs is 2. The number of aliphatic hydroxyl groups excluding tert-OH is 2. The largest absolute Gasteiger partial charge is 0.444 e. The predicted octanol–water partition coefficient (Wildman–Crippen LogP) is 11.9. The summed E-state index contributed by atoms with van der Waals surface area (Å²) in [5.41, 5.74) is 6.14. The first kappa shape index (κ1) is 64.8. The number of nitrogens with zero attached hydrogens (tertiary/aromatic N) is 13. The first-order valence-electron chi connectivity index (χ1n) is 30.7. The fraction of sp³-hybridized carbons (Fsp3) is 0.500. The molecule has 25 heteroatoms. The molecule has 0 spiro atoms. The molecule has 2 aromatic carbocycles. The number of piperidine rings is 4. The molecule has 4 aliphatic heterocycles. The Morgan fingerprint density at radius 2 is 1.07 bits per heavy atom. The highest BCUT2D eigenvalue weighted by molar-refractivity contribution is 9.09. The van der Waals surface area contributed by atoms with E-state index in [4.69, 9.17) is 37.7 Å². The van der Waals surface area contributed by atoms with Crippen molar-refractivity contribution in [3.8, 4) is 0 Å². The number of carbonyl (C=O) groups is 2. The monoisotopic (exact) mass is 1320 g/mol. The van der Waals surface area contributed by atoms with Gasteiger partial charge in [0.1, 0.15) is 11.2 Å². The number of pyridine rings is 2. The minimum absolute atomic E-state index is 0.102. The first-order valence-corrected chi connectivity index (χ1v) is 32.6. The quantitative estimate of drug-likeness (QED) is 0.0675. The molecular weight excluding hydrogens is 1240 g/mol. The summed E-state index contributed by atoms with van der Waals surface area (Å²) in [5.74, 6) is 2.17. The number of ether oxygens (including phenoxy) is 2. The molecule has 4 aliphatic rings. The van der Waals surface area contributed by atoms with Crippen molar-refractivity contribution in [2.45, 2.75) is 121 Å². The number of aromatic nitrogens is 10. The van der Waals surface area contributed by atoms with E-state index in [1.807, 2.05) is 130 Å². The molecule has 5 N–H and O–H groups in total. The topological polar surface area (TPSA) is 237 Å². The average Bonchev–Trinajstić information content (AvgIpc) is 2.00. The maximum atomic E-state index is 12.4. The number of nitrogens with one attached hydrogen (secondary N) is 3. The van der Waals surface area contributed by atoms with E-state index < -0.39 is 5.60 Å². The first-order chi connectivity index (χ1) is 42.7. The molecule has 476 valence electrons. The van der Waals surface area contributed by atoms with E-state index in [0.29, 0.717) is 46.9 Å². The van der Waals surface area contributed by atoms with E-state index in [9.17, 15) is 19.8 Å². The number of hydrogen-bond donors (Lipinski definition) is 5. The third-order valence-corrected chi connectivity index (χ3v) is 18.6. The fourth-order valence-corrected chi connectivity index (χ4v) is 12.9. The molecule has 0 atom stereocenters. The van der Waals surface area contributed by atoms with Crippen LogP contribution in [0.2, 0.25) is 10.0 Å². The molecule has 12 rings (SSSR count). The SMILES string of the molecule is CC(C)(C)OC(=O)N1CCC(CBr)CC1.CC(C)(C)OC(=O)N1CCC(Cn2cc(Nc3nc4c(N5CCC(CO)(c6ccc(Cl)cc6)CC5)cccn4n3)cn2)CC1.OCC1(c2ccc(Cl)cc2)CCN(c2cccn3nc(Nc4cn[nH]c4)nc23)CC1. The van der Waals surface area contributed by atoms with Gasteiger partial charge in [-0.15, -0.1) is 10.2 Å². The number of carbonyl (C=O) groups excluding carboxylic acids is 2. The van der Waals surface area contributed by atoms with Gasteiger partial charge in [-0.2, -0.15) is 20.2 Å².